The fraction of sp³-hybridized carbons (Fsp3) is 0.533. The number of carbonyl (C=O) groups is 1. The van der Waals surface area contributed by atoms with Crippen LogP contribution >= 0.6 is 0 Å². The van der Waals surface area contributed by atoms with E-state index in [1.165, 1.54) is 0 Å². The lowest BCUT2D eigenvalue weighted by Crippen LogP contribution is -2.50. The Morgan fingerprint density at radius 1 is 1.55 bits per heavy atom. The molecule has 1 saturated heterocycles. The fourth-order valence-corrected chi connectivity index (χ4v) is 2.58. The maximum atomic E-state index is 11.4. The second-order valence-electron chi connectivity index (χ2n) is 4.81. The monoisotopic (exact) mass is 279 g/mol. The molecule has 1 aliphatic heterocycles. The van der Waals surface area contributed by atoms with Crippen LogP contribution in [0.15, 0.2) is 24.3 Å². The van der Waals surface area contributed by atoms with E-state index in [4.69, 9.17) is 9.47 Å². The van der Waals surface area contributed by atoms with Gasteiger partial charge in [-0.2, -0.15) is 0 Å². The molecule has 5 nitrogen and oxygen atoms in total. The van der Waals surface area contributed by atoms with Crippen LogP contribution in [0, 0.1) is 0 Å². The van der Waals surface area contributed by atoms with Gasteiger partial charge in [-0.05, 0) is 19.9 Å². The van der Waals surface area contributed by atoms with Crippen LogP contribution in [-0.4, -0.2) is 48.4 Å². The van der Waals surface area contributed by atoms with Crippen molar-refractivity contribution in [2.24, 2.45) is 0 Å². The molecule has 1 heterocycles. The third-order valence-electron chi connectivity index (χ3n) is 3.62. The summed E-state index contributed by atoms with van der Waals surface area (Å²) >= 11 is 0. The molecule has 0 saturated carbocycles. The summed E-state index contributed by atoms with van der Waals surface area (Å²) in [5.41, 5.74) is 1.02. The Bertz CT molecular complexity index is 463. The Labute approximate surface area is 119 Å². The first-order valence-electron chi connectivity index (χ1n) is 6.93. The van der Waals surface area contributed by atoms with Gasteiger partial charge in [0.05, 0.1) is 19.8 Å². The molecule has 1 fully saturated rings. The van der Waals surface area contributed by atoms with E-state index in [9.17, 15) is 9.90 Å². The molecule has 5 heteroatoms. The van der Waals surface area contributed by atoms with Crippen LogP contribution < -0.4 is 4.74 Å². The molecule has 1 aliphatic rings. The van der Waals surface area contributed by atoms with Gasteiger partial charge in [0.25, 0.3) is 0 Å². The van der Waals surface area contributed by atoms with Gasteiger partial charge in [0.2, 0.25) is 0 Å². The molecule has 110 valence electrons. The van der Waals surface area contributed by atoms with Crippen molar-refractivity contribution in [2.75, 3.05) is 26.4 Å². The minimum atomic E-state index is -0.842. The lowest BCUT2D eigenvalue weighted by molar-refractivity contribution is -0.151. The number of carboxylic acids is 1. The van der Waals surface area contributed by atoms with E-state index in [2.05, 4.69) is 0 Å². The van der Waals surface area contributed by atoms with Crippen LogP contribution in [0.25, 0.3) is 0 Å². The zero-order chi connectivity index (χ0) is 14.5. The summed E-state index contributed by atoms with van der Waals surface area (Å²) in [6, 6.07) is 7.16. The van der Waals surface area contributed by atoms with Gasteiger partial charge in [-0.3, -0.25) is 9.69 Å². The molecule has 0 amide bonds. The first kappa shape index (κ1) is 14.8. The molecule has 0 aliphatic carbocycles. The molecule has 2 atom stereocenters. The summed E-state index contributed by atoms with van der Waals surface area (Å²) in [4.78, 5) is 13.3. The third kappa shape index (κ3) is 3.11. The maximum Gasteiger partial charge on any atom is 0.323 e. The summed E-state index contributed by atoms with van der Waals surface area (Å²) in [7, 11) is 0. The van der Waals surface area contributed by atoms with Crippen molar-refractivity contribution in [1.29, 1.82) is 0 Å². The van der Waals surface area contributed by atoms with Crippen molar-refractivity contribution < 1.29 is 19.4 Å². The molecule has 0 bridgehead atoms. The SMILES string of the molecule is CCOc1ccccc1C(C)N1CCOCC1C(=O)O. The van der Waals surface area contributed by atoms with Crippen LogP contribution in [0.3, 0.4) is 0 Å². The van der Waals surface area contributed by atoms with Crippen LogP contribution in [-0.2, 0) is 9.53 Å². The topological polar surface area (TPSA) is 59.0 Å². The minimum absolute atomic E-state index is 0.0252. The van der Waals surface area contributed by atoms with Crippen molar-refractivity contribution in [3.05, 3.63) is 29.8 Å². The maximum absolute atomic E-state index is 11.4. The lowest BCUT2D eigenvalue weighted by Gasteiger charge is -2.37. The van der Waals surface area contributed by atoms with Gasteiger partial charge in [0.15, 0.2) is 0 Å². The zero-order valence-corrected chi connectivity index (χ0v) is 11.9. The van der Waals surface area contributed by atoms with E-state index in [0.29, 0.717) is 19.8 Å². The smallest absolute Gasteiger partial charge is 0.323 e. The second kappa shape index (κ2) is 6.72. The number of morpholine rings is 1. The van der Waals surface area contributed by atoms with Crippen molar-refractivity contribution in [1.82, 2.24) is 4.90 Å². The molecule has 1 aromatic rings. The highest BCUT2D eigenvalue weighted by molar-refractivity contribution is 5.73. The zero-order valence-electron chi connectivity index (χ0n) is 11.9. The lowest BCUT2D eigenvalue weighted by atomic mass is 10.0. The van der Waals surface area contributed by atoms with E-state index in [1.54, 1.807) is 0 Å². The minimum Gasteiger partial charge on any atom is -0.494 e. The van der Waals surface area contributed by atoms with Crippen molar-refractivity contribution in [3.63, 3.8) is 0 Å². The summed E-state index contributed by atoms with van der Waals surface area (Å²) in [5, 5.41) is 9.32. The number of hydrogen-bond acceptors (Lipinski definition) is 4. The molecule has 0 radical (unpaired) electrons. The Hall–Kier alpha value is -1.59. The van der Waals surface area contributed by atoms with Gasteiger partial charge in [-0.15, -0.1) is 0 Å². The van der Waals surface area contributed by atoms with E-state index >= 15 is 0 Å². The molecular weight excluding hydrogens is 258 g/mol. The fourth-order valence-electron chi connectivity index (χ4n) is 2.58. The molecule has 1 aromatic carbocycles. The van der Waals surface area contributed by atoms with Gasteiger partial charge in [0, 0.05) is 18.2 Å². The van der Waals surface area contributed by atoms with Crippen molar-refractivity contribution in [3.8, 4) is 5.75 Å². The molecule has 2 rings (SSSR count). The van der Waals surface area contributed by atoms with Crippen LogP contribution in [0.1, 0.15) is 25.5 Å². The third-order valence-corrected chi connectivity index (χ3v) is 3.62. The highest BCUT2D eigenvalue weighted by Crippen LogP contribution is 2.31. The number of para-hydroxylation sites is 1. The molecule has 0 spiro atoms. The molecule has 2 unspecified atom stereocenters. The summed E-state index contributed by atoms with van der Waals surface area (Å²) in [5.74, 6) is -0.0245. The number of nitrogens with zero attached hydrogens (tertiary/aromatic N) is 1. The van der Waals surface area contributed by atoms with Crippen LogP contribution in [0.2, 0.25) is 0 Å². The van der Waals surface area contributed by atoms with E-state index in [0.717, 1.165) is 11.3 Å². The number of aliphatic carboxylic acids is 1. The van der Waals surface area contributed by atoms with E-state index < -0.39 is 12.0 Å². The first-order valence-corrected chi connectivity index (χ1v) is 6.93. The van der Waals surface area contributed by atoms with Crippen molar-refractivity contribution >= 4 is 5.97 Å². The highest BCUT2D eigenvalue weighted by atomic mass is 16.5. The number of carboxylic acid groups (broad SMARTS) is 1. The molecular formula is C15H21NO4. The second-order valence-corrected chi connectivity index (χ2v) is 4.81. The standard InChI is InChI=1S/C15H21NO4/c1-3-20-14-7-5-4-6-12(14)11(2)16-8-9-19-10-13(16)15(17)18/h4-7,11,13H,3,8-10H2,1-2H3,(H,17,18). The van der Waals surface area contributed by atoms with Gasteiger partial charge in [-0.1, -0.05) is 18.2 Å². The largest absolute Gasteiger partial charge is 0.494 e. The predicted molar refractivity (Wildman–Crippen MR) is 75.0 cm³/mol. The number of hydrogen-bond donors (Lipinski definition) is 1. The van der Waals surface area contributed by atoms with E-state index in [1.807, 2.05) is 43.0 Å². The summed E-state index contributed by atoms with van der Waals surface area (Å²) < 4.78 is 10.9. The average molecular weight is 279 g/mol. The quantitative estimate of drug-likeness (QED) is 0.892. The summed E-state index contributed by atoms with van der Waals surface area (Å²) in [6.07, 6.45) is 0. The van der Waals surface area contributed by atoms with Gasteiger partial charge in [0.1, 0.15) is 11.8 Å². The molecule has 1 N–H and O–H groups in total. The van der Waals surface area contributed by atoms with Gasteiger partial charge in [-0.25, -0.2) is 0 Å². The Morgan fingerprint density at radius 2 is 2.30 bits per heavy atom. The normalized spacial score (nSPS) is 21.4. The molecule has 0 aromatic heterocycles. The van der Waals surface area contributed by atoms with Crippen LogP contribution in [0.4, 0.5) is 0 Å². The number of ether oxygens (including phenoxy) is 2. The van der Waals surface area contributed by atoms with Gasteiger partial charge < -0.3 is 14.6 Å². The molecule has 20 heavy (non-hydrogen) atoms. The highest BCUT2D eigenvalue weighted by Gasteiger charge is 2.33. The van der Waals surface area contributed by atoms with Gasteiger partial charge >= 0.3 is 5.97 Å². The summed E-state index contributed by atoms with van der Waals surface area (Å²) in [6.45, 7) is 5.95. The predicted octanol–water partition coefficient (Wildman–Crippen LogP) is 1.93. The first-order chi connectivity index (χ1) is 9.65. The number of rotatable bonds is 5. The Morgan fingerprint density at radius 3 is 3.00 bits per heavy atom. The number of benzene rings is 1. The average Bonchev–Trinajstić information content (AvgIpc) is 2.47. The Balaban J connectivity index is 2.24. The Kier molecular flexibility index (Phi) is 4.98. The van der Waals surface area contributed by atoms with Crippen LogP contribution in [0.5, 0.6) is 5.75 Å². The van der Waals surface area contributed by atoms with E-state index in [-0.39, 0.29) is 12.6 Å². The van der Waals surface area contributed by atoms with Crippen molar-refractivity contribution in [2.45, 2.75) is 25.9 Å².